The van der Waals surface area contributed by atoms with Crippen LogP contribution in [0.25, 0.3) is 0 Å². The molecular weight excluding hydrogens is 260 g/mol. The van der Waals surface area contributed by atoms with Crippen molar-refractivity contribution in [3.05, 3.63) is 0 Å². The Hall–Kier alpha value is -1.30. The van der Waals surface area contributed by atoms with Gasteiger partial charge in [0.05, 0.1) is 12.0 Å². The summed E-state index contributed by atoms with van der Waals surface area (Å²) in [6, 6.07) is 0.0299. The molecule has 114 valence electrons. The van der Waals surface area contributed by atoms with Crippen LogP contribution in [0.3, 0.4) is 0 Å². The highest BCUT2D eigenvalue weighted by atomic mass is 16.5. The van der Waals surface area contributed by atoms with E-state index in [4.69, 9.17) is 9.84 Å². The van der Waals surface area contributed by atoms with Gasteiger partial charge in [0.15, 0.2) is 0 Å². The van der Waals surface area contributed by atoms with Gasteiger partial charge in [-0.25, -0.2) is 4.79 Å². The van der Waals surface area contributed by atoms with Gasteiger partial charge < -0.3 is 20.1 Å². The number of carboxylic acids is 1. The van der Waals surface area contributed by atoms with Crippen molar-refractivity contribution in [3.63, 3.8) is 0 Å². The van der Waals surface area contributed by atoms with Gasteiger partial charge in [0.2, 0.25) is 0 Å². The lowest BCUT2D eigenvalue weighted by Gasteiger charge is -2.39. The maximum absolute atomic E-state index is 12.2. The third-order valence-corrected chi connectivity index (χ3v) is 4.12. The van der Waals surface area contributed by atoms with Crippen molar-refractivity contribution in [2.45, 2.75) is 45.3 Å². The zero-order valence-corrected chi connectivity index (χ0v) is 12.2. The van der Waals surface area contributed by atoms with Crippen LogP contribution in [0.1, 0.15) is 33.1 Å². The van der Waals surface area contributed by atoms with Gasteiger partial charge in [0, 0.05) is 25.7 Å². The van der Waals surface area contributed by atoms with Crippen molar-refractivity contribution in [2.75, 3.05) is 19.7 Å². The fraction of sp³-hybridized carbons (Fsp3) is 0.857. The first kappa shape index (κ1) is 15.1. The summed E-state index contributed by atoms with van der Waals surface area (Å²) < 4.78 is 5.46. The molecule has 1 saturated heterocycles. The van der Waals surface area contributed by atoms with E-state index in [1.807, 2.05) is 13.8 Å². The Balaban J connectivity index is 1.79. The van der Waals surface area contributed by atoms with Crippen molar-refractivity contribution in [2.24, 2.45) is 11.8 Å². The Morgan fingerprint density at radius 3 is 2.60 bits per heavy atom. The summed E-state index contributed by atoms with van der Waals surface area (Å²) in [7, 11) is 0. The summed E-state index contributed by atoms with van der Waals surface area (Å²) >= 11 is 0. The number of hydrogen-bond acceptors (Lipinski definition) is 3. The number of carbonyl (C=O) groups excluding carboxylic acids is 1. The van der Waals surface area contributed by atoms with Gasteiger partial charge in [-0.1, -0.05) is 6.92 Å². The molecule has 1 aliphatic heterocycles. The number of piperidine rings is 1. The summed E-state index contributed by atoms with van der Waals surface area (Å²) in [6.07, 6.45) is 2.61. The molecule has 2 rings (SSSR count). The third-order valence-electron chi connectivity index (χ3n) is 4.12. The molecule has 2 aliphatic rings. The summed E-state index contributed by atoms with van der Waals surface area (Å²) in [5.41, 5.74) is 0. The molecule has 0 aromatic carbocycles. The quantitative estimate of drug-likeness (QED) is 0.815. The molecule has 2 amide bonds. The highest BCUT2D eigenvalue weighted by molar-refractivity contribution is 5.77. The molecule has 6 heteroatoms. The molecule has 0 spiro atoms. The Bertz CT molecular complexity index is 368. The first-order chi connectivity index (χ1) is 9.49. The topological polar surface area (TPSA) is 78.9 Å². The van der Waals surface area contributed by atoms with E-state index in [0.29, 0.717) is 26.1 Å². The van der Waals surface area contributed by atoms with Crippen LogP contribution in [0.2, 0.25) is 0 Å². The maximum Gasteiger partial charge on any atom is 0.317 e. The molecule has 0 radical (unpaired) electrons. The third kappa shape index (κ3) is 3.62. The minimum Gasteiger partial charge on any atom is -0.481 e. The van der Waals surface area contributed by atoms with E-state index < -0.39 is 11.9 Å². The molecule has 6 nitrogen and oxygen atoms in total. The second-order valence-corrected chi connectivity index (χ2v) is 5.98. The molecule has 1 aliphatic carbocycles. The van der Waals surface area contributed by atoms with Crippen LogP contribution < -0.4 is 5.32 Å². The van der Waals surface area contributed by atoms with E-state index in [9.17, 15) is 9.59 Å². The van der Waals surface area contributed by atoms with Crippen molar-refractivity contribution < 1.29 is 19.4 Å². The zero-order chi connectivity index (χ0) is 14.7. The Morgan fingerprint density at radius 2 is 2.00 bits per heavy atom. The number of carboxylic acid groups (broad SMARTS) is 1. The monoisotopic (exact) mass is 284 g/mol. The summed E-state index contributed by atoms with van der Waals surface area (Å²) in [5, 5.41) is 12.1. The summed E-state index contributed by atoms with van der Waals surface area (Å²) in [4.78, 5) is 24.9. The lowest BCUT2D eigenvalue weighted by atomic mass is 9.89. The van der Waals surface area contributed by atoms with Crippen LogP contribution in [-0.4, -0.2) is 53.8 Å². The lowest BCUT2D eigenvalue weighted by molar-refractivity contribution is -0.143. The number of ether oxygens (including phenoxy) is 1. The minimum absolute atomic E-state index is 0.136. The zero-order valence-electron chi connectivity index (χ0n) is 12.2. The molecule has 2 fully saturated rings. The van der Waals surface area contributed by atoms with Gasteiger partial charge >= 0.3 is 12.0 Å². The number of aliphatic carboxylic acids is 1. The molecule has 1 saturated carbocycles. The summed E-state index contributed by atoms with van der Waals surface area (Å²) in [6.45, 7) is 5.61. The maximum atomic E-state index is 12.2. The van der Waals surface area contributed by atoms with Crippen LogP contribution in [-0.2, 0) is 9.53 Å². The number of urea groups is 1. The predicted molar refractivity (Wildman–Crippen MR) is 73.4 cm³/mol. The van der Waals surface area contributed by atoms with Crippen LogP contribution in [0.4, 0.5) is 4.79 Å². The lowest BCUT2D eigenvalue weighted by Crippen LogP contribution is -2.55. The number of nitrogens with one attached hydrogen (secondary N) is 1. The van der Waals surface area contributed by atoms with Gasteiger partial charge in [-0.3, -0.25) is 4.79 Å². The van der Waals surface area contributed by atoms with E-state index in [0.717, 1.165) is 12.8 Å². The standard InChI is InChI=1S/C14H24N2O4/c1-3-20-12-5-11(6-12)15-14(19)16-7-9(2)4-10(8-16)13(17)18/h9-12H,3-8H2,1-2H3,(H,15,19)(H,17,18). The Kier molecular flexibility index (Phi) is 4.86. The van der Waals surface area contributed by atoms with Gasteiger partial charge in [0.1, 0.15) is 0 Å². The molecule has 0 bridgehead atoms. The predicted octanol–water partition coefficient (Wildman–Crippen LogP) is 1.31. The number of likely N-dealkylation sites (tertiary alicyclic amines) is 1. The number of rotatable bonds is 4. The van der Waals surface area contributed by atoms with Gasteiger partial charge in [-0.05, 0) is 32.1 Å². The SMILES string of the molecule is CCOC1CC(NC(=O)N2CC(C)CC(C(=O)O)C2)C1. The number of hydrogen-bond donors (Lipinski definition) is 2. The smallest absolute Gasteiger partial charge is 0.317 e. The van der Waals surface area contributed by atoms with E-state index in [1.165, 1.54) is 0 Å². The average molecular weight is 284 g/mol. The van der Waals surface area contributed by atoms with Gasteiger partial charge in [-0.2, -0.15) is 0 Å². The first-order valence-corrected chi connectivity index (χ1v) is 7.39. The Labute approximate surface area is 119 Å². The van der Waals surface area contributed by atoms with Crippen LogP contribution in [0.15, 0.2) is 0 Å². The molecule has 2 unspecified atom stereocenters. The van der Waals surface area contributed by atoms with Crippen molar-refractivity contribution in [3.8, 4) is 0 Å². The van der Waals surface area contributed by atoms with Crippen LogP contribution in [0, 0.1) is 11.8 Å². The molecule has 2 N–H and O–H groups in total. The molecular formula is C14H24N2O4. The highest BCUT2D eigenvalue weighted by Crippen LogP contribution is 2.25. The molecule has 0 aromatic rings. The second kappa shape index (κ2) is 6.43. The average Bonchev–Trinajstić information content (AvgIpc) is 2.35. The molecule has 20 heavy (non-hydrogen) atoms. The van der Waals surface area contributed by atoms with E-state index in [1.54, 1.807) is 4.90 Å². The fourth-order valence-corrected chi connectivity index (χ4v) is 3.02. The van der Waals surface area contributed by atoms with Crippen LogP contribution >= 0.6 is 0 Å². The first-order valence-electron chi connectivity index (χ1n) is 7.39. The Morgan fingerprint density at radius 1 is 1.30 bits per heavy atom. The van der Waals surface area contributed by atoms with Gasteiger partial charge in [0.25, 0.3) is 0 Å². The van der Waals surface area contributed by atoms with Crippen molar-refractivity contribution >= 4 is 12.0 Å². The molecule has 1 heterocycles. The van der Waals surface area contributed by atoms with Gasteiger partial charge in [-0.15, -0.1) is 0 Å². The number of carbonyl (C=O) groups is 2. The van der Waals surface area contributed by atoms with Crippen molar-refractivity contribution in [1.29, 1.82) is 0 Å². The largest absolute Gasteiger partial charge is 0.481 e. The van der Waals surface area contributed by atoms with Crippen LogP contribution in [0.5, 0.6) is 0 Å². The van der Waals surface area contributed by atoms with E-state index >= 15 is 0 Å². The number of amides is 2. The van der Waals surface area contributed by atoms with E-state index in [2.05, 4.69) is 5.32 Å². The van der Waals surface area contributed by atoms with Crippen molar-refractivity contribution in [1.82, 2.24) is 10.2 Å². The highest BCUT2D eigenvalue weighted by Gasteiger charge is 2.35. The fourth-order valence-electron chi connectivity index (χ4n) is 3.02. The molecule has 0 aromatic heterocycles. The normalized spacial score (nSPS) is 33.4. The number of nitrogens with zero attached hydrogens (tertiary/aromatic N) is 1. The minimum atomic E-state index is -0.811. The second-order valence-electron chi connectivity index (χ2n) is 5.98. The van der Waals surface area contributed by atoms with E-state index in [-0.39, 0.29) is 24.1 Å². The summed E-state index contributed by atoms with van der Waals surface area (Å²) in [5.74, 6) is -1.02. The molecule has 2 atom stereocenters.